The van der Waals surface area contributed by atoms with Crippen LogP contribution in [0.25, 0.3) is 0 Å². The van der Waals surface area contributed by atoms with Gasteiger partial charge in [0.2, 0.25) is 0 Å². The molecule has 2 nitrogen and oxygen atoms in total. The first-order chi connectivity index (χ1) is 7.81. The molecule has 0 fully saturated rings. The quantitative estimate of drug-likeness (QED) is 0.798. The van der Waals surface area contributed by atoms with E-state index < -0.39 is 0 Å². The van der Waals surface area contributed by atoms with E-state index in [1.54, 1.807) is 7.11 Å². The van der Waals surface area contributed by atoms with Gasteiger partial charge < -0.3 is 10.1 Å². The van der Waals surface area contributed by atoms with Crippen molar-refractivity contribution in [2.75, 3.05) is 20.3 Å². The van der Waals surface area contributed by atoms with Crippen LogP contribution in [0.1, 0.15) is 30.0 Å². The molecule has 1 aromatic carbocycles. The maximum atomic E-state index is 6.02. The summed E-state index contributed by atoms with van der Waals surface area (Å²) in [6, 6.07) is 6.70. The van der Waals surface area contributed by atoms with Crippen molar-refractivity contribution in [3.05, 3.63) is 34.3 Å². The van der Waals surface area contributed by atoms with E-state index in [4.69, 9.17) is 16.3 Å². The fourth-order valence-electron chi connectivity index (χ4n) is 2.28. The summed E-state index contributed by atoms with van der Waals surface area (Å²) in [7, 11) is 1.74. The van der Waals surface area contributed by atoms with Crippen molar-refractivity contribution in [3.8, 4) is 0 Å². The van der Waals surface area contributed by atoms with Gasteiger partial charge in [-0.2, -0.15) is 0 Å². The minimum Gasteiger partial charge on any atom is -0.385 e. The zero-order valence-electron chi connectivity index (χ0n) is 9.63. The van der Waals surface area contributed by atoms with Gasteiger partial charge in [-0.25, -0.2) is 0 Å². The topological polar surface area (TPSA) is 21.3 Å². The van der Waals surface area contributed by atoms with Crippen LogP contribution in [-0.2, 0) is 11.2 Å². The number of fused-ring (bicyclic) bond motifs is 1. The van der Waals surface area contributed by atoms with Crippen molar-refractivity contribution in [2.24, 2.45) is 0 Å². The van der Waals surface area contributed by atoms with Gasteiger partial charge in [0.25, 0.3) is 0 Å². The van der Waals surface area contributed by atoms with Crippen LogP contribution in [0.4, 0.5) is 0 Å². The monoisotopic (exact) mass is 239 g/mol. The molecular formula is C13H18ClNO. The highest BCUT2D eigenvalue weighted by Crippen LogP contribution is 2.32. The lowest BCUT2D eigenvalue weighted by Crippen LogP contribution is -2.21. The van der Waals surface area contributed by atoms with E-state index in [2.05, 4.69) is 17.4 Å². The van der Waals surface area contributed by atoms with Gasteiger partial charge in [0.15, 0.2) is 0 Å². The predicted octanol–water partition coefficient (Wildman–Crippen LogP) is 2.95. The third-order valence-corrected chi connectivity index (χ3v) is 3.34. The van der Waals surface area contributed by atoms with Crippen molar-refractivity contribution >= 4 is 11.6 Å². The van der Waals surface area contributed by atoms with Crippen molar-refractivity contribution in [1.29, 1.82) is 0 Å². The molecule has 16 heavy (non-hydrogen) atoms. The van der Waals surface area contributed by atoms with Gasteiger partial charge in [-0.1, -0.05) is 17.7 Å². The minimum atomic E-state index is 0.477. The Balaban J connectivity index is 1.92. The van der Waals surface area contributed by atoms with E-state index >= 15 is 0 Å². The number of hydrogen-bond donors (Lipinski definition) is 1. The second kappa shape index (κ2) is 5.67. The van der Waals surface area contributed by atoms with E-state index in [1.807, 2.05) is 6.07 Å². The van der Waals surface area contributed by atoms with Crippen molar-refractivity contribution in [2.45, 2.75) is 25.3 Å². The molecule has 1 aliphatic carbocycles. The van der Waals surface area contributed by atoms with E-state index in [1.165, 1.54) is 17.5 Å². The van der Waals surface area contributed by atoms with Crippen molar-refractivity contribution in [1.82, 2.24) is 5.32 Å². The zero-order chi connectivity index (χ0) is 11.4. The highest BCUT2D eigenvalue weighted by Gasteiger charge is 2.21. The Morgan fingerprint density at radius 3 is 3.19 bits per heavy atom. The van der Waals surface area contributed by atoms with E-state index in [9.17, 15) is 0 Å². The maximum Gasteiger partial charge on any atom is 0.0474 e. The summed E-state index contributed by atoms with van der Waals surface area (Å²) < 4.78 is 5.03. The molecule has 2 rings (SSSR count). The first-order valence-corrected chi connectivity index (χ1v) is 6.19. The third-order valence-electron chi connectivity index (χ3n) is 3.10. The number of halogens is 1. The first kappa shape index (κ1) is 11.9. The molecular weight excluding hydrogens is 222 g/mol. The molecule has 0 aliphatic heterocycles. The Kier molecular flexibility index (Phi) is 4.22. The molecule has 88 valence electrons. The summed E-state index contributed by atoms with van der Waals surface area (Å²) in [4.78, 5) is 0. The van der Waals surface area contributed by atoms with Crippen molar-refractivity contribution in [3.63, 3.8) is 0 Å². The third kappa shape index (κ3) is 2.76. The molecule has 0 aromatic heterocycles. The van der Waals surface area contributed by atoms with Crippen LogP contribution in [0.5, 0.6) is 0 Å². The fraction of sp³-hybridized carbons (Fsp3) is 0.538. The minimum absolute atomic E-state index is 0.477. The Morgan fingerprint density at radius 1 is 1.50 bits per heavy atom. The molecule has 1 aliphatic rings. The molecule has 0 saturated carbocycles. The van der Waals surface area contributed by atoms with Gasteiger partial charge >= 0.3 is 0 Å². The van der Waals surface area contributed by atoms with Gasteiger partial charge in [-0.15, -0.1) is 0 Å². The smallest absolute Gasteiger partial charge is 0.0474 e. The highest BCUT2D eigenvalue weighted by molar-refractivity contribution is 6.30. The molecule has 0 heterocycles. The lowest BCUT2D eigenvalue weighted by atomic mass is 10.1. The second-order valence-corrected chi connectivity index (χ2v) is 4.67. The number of methoxy groups -OCH3 is 1. The second-order valence-electron chi connectivity index (χ2n) is 4.23. The lowest BCUT2D eigenvalue weighted by Gasteiger charge is -2.14. The average Bonchev–Trinajstić information content (AvgIpc) is 2.67. The summed E-state index contributed by atoms with van der Waals surface area (Å²) in [5, 5.41) is 4.40. The molecule has 3 heteroatoms. The molecule has 0 bridgehead atoms. The standard InChI is InChI=1S/C13H18ClNO/c1-16-8-2-7-15-13-6-4-10-3-5-11(14)9-12(10)13/h3,5,9,13,15H,2,4,6-8H2,1H3. The van der Waals surface area contributed by atoms with Crippen LogP contribution in [0.3, 0.4) is 0 Å². The molecule has 0 radical (unpaired) electrons. The number of ether oxygens (including phenoxy) is 1. The molecule has 0 spiro atoms. The average molecular weight is 240 g/mol. The Hall–Kier alpha value is -0.570. The Labute approximate surface area is 102 Å². The van der Waals surface area contributed by atoms with Crippen LogP contribution in [-0.4, -0.2) is 20.3 Å². The summed E-state index contributed by atoms with van der Waals surface area (Å²) in [5.41, 5.74) is 2.82. The number of nitrogens with one attached hydrogen (secondary N) is 1. The number of rotatable bonds is 5. The van der Waals surface area contributed by atoms with Gasteiger partial charge in [-0.05, 0) is 49.1 Å². The van der Waals surface area contributed by atoms with Crippen LogP contribution in [0, 0.1) is 0 Å². The van der Waals surface area contributed by atoms with Gasteiger partial charge in [0, 0.05) is 24.8 Å². The number of aryl methyl sites for hydroxylation is 1. The Morgan fingerprint density at radius 2 is 2.38 bits per heavy atom. The van der Waals surface area contributed by atoms with E-state index in [-0.39, 0.29) is 0 Å². The maximum absolute atomic E-state index is 6.02. The summed E-state index contributed by atoms with van der Waals surface area (Å²) >= 11 is 6.02. The number of hydrogen-bond acceptors (Lipinski definition) is 2. The van der Waals surface area contributed by atoms with Crippen LogP contribution in [0.2, 0.25) is 5.02 Å². The summed E-state index contributed by atoms with van der Waals surface area (Å²) in [5.74, 6) is 0. The van der Waals surface area contributed by atoms with Crippen LogP contribution in [0.15, 0.2) is 18.2 Å². The molecule has 1 unspecified atom stereocenters. The summed E-state index contributed by atoms with van der Waals surface area (Å²) in [6.07, 6.45) is 3.40. The van der Waals surface area contributed by atoms with E-state index in [0.717, 1.165) is 31.0 Å². The molecule has 0 saturated heterocycles. The molecule has 1 atom stereocenters. The first-order valence-electron chi connectivity index (χ1n) is 5.82. The molecule has 1 aromatic rings. The SMILES string of the molecule is COCCCNC1CCc2ccc(Cl)cc21. The summed E-state index contributed by atoms with van der Waals surface area (Å²) in [6.45, 7) is 1.83. The largest absolute Gasteiger partial charge is 0.385 e. The fourth-order valence-corrected chi connectivity index (χ4v) is 2.46. The van der Waals surface area contributed by atoms with E-state index in [0.29, 0.717) is 6.04 Å². The highest BCUT2D eigenvalue weighted by atomic mass is 35.5. The number of benzene rings is 1. The normalized spacial score (nSPS) is 18.8. The van der Waals surface area contributed by atoms with Gasteiger partial charge in [0.1, 0.15) is 0 Å². The molecule has 1 N–H and O–H groups in total. The Bertz CT molecular complexity index is 354. The van der Waals surface area contributed by atoms with Crippen molar-refractivity contribution < 1.29 is 4.74 Å². The predicted molar refractivity (Wildman–Crippen MR) is 67.0 cm³/mol. The van der Waals surface area contributed by atoms with Gasteiger partial charge in [0.05, 0.1) is 0 Å². The zero-order valence-corrected chi connectivity index (χ0v) is 10.4. The van der Waals surface area contributed by atoms with Crippen LogP contribution < -0.4 is 5.32 Å². The van der Waals surface area contributed by atoms with Crippen LogP contribution >= 0.6 is 11.6 Å². The lowest BCUT2D eigenvalue weighted by molar-refractivity contribution is 0.193. The van der Waals surface area contributed by atoms with Gasteiger partial charge in [-0.3, -0.25) is 0 Å². The molecule has 0 amide bonds.